The maximum absolute atomic E-state index is 12.8. The zero-order valence-corrected chi connectivity index (χ0v) is 13.9. The molecule has 0 saturated carbocycles. The average Bonchev–Trinajstić information content (AvgIpc) is 3.14. The third kappa shape index (κ3) is 2.96. The van der Waals surface area contributed by atoms with Crippen molar-refractivity contribution < 1.29 is 9.53 Å². The van der Waals surface area contributed by atoms with Gasteiger partial charge in [-0.25, -0.2) is 0 Å². The van der Waals surface area contributed by atoms with Crippen LogP contribution in [0.1, 0.15) is 27.5 Å². The highest BCUT2D eigenvalue weighted by Crippen LogP contribution is 2.30. The van der Waals surface area contributed by atoms with Gasteiger partial charge in [0.25, 0.3) is 5.91 Å². The number of hydrogen-bond acceptors (Lipinski definition) is 3. The molecule has 4 nitrogen and oxygen atoms in total. The lowest BCUT2D eigenvalue weighted by atomic mass is 10.0. The minimum Gasteiger partial charge on any atom is -0.492 e. The number of fused-ring (bicyclic) bond motifs is 2. The molecule has 3 N–H and O–H groups in total. The standard InChI is InChI=1S/C21H20N2O2/c22-13-19(17-9-8-14-4-1-2-5-16(14)12-17)23-21(24)18-7-3-6-15-10-11-25-20(15)18/h1-9,12,19H,10-11,13,22H2,(H,23,24). The van der Waals surface area contributed by atoms with Gasteiger partial charge < -0.3 is 15.8 Å². The first-order valence-electron chi connectivity index (χ1n) is 8.50. The number of nitrogens with one attached hydrogen (secondary N) is 1. The molecule has 1 heterocycles. The molecule has 3 aromatic carbocycles. The topological polar surface area (TPSA) is 64.3 Å². The monoisotopic (exact) mass is 332 g/mol. The number of benzene rings is 3. The fraction of sp³-hybridized carbons (Fsp3) is 0.190. The van der Waals surface area contributed by atoms with Gasteiger partial charge >= 0.3 is 0 Å². The molecule has 3 aromatic rings. The first-order valence-corrected chi connectivity index (χ1v) is 8.50. The molecule has 0 radical (unpaired) electrons. The normalized spacial score (nSPS) is 14.0. The zero-order chi connectivity index (χ0) is 17.2. The van der Waals surface area contributed by atoms with E-state index in [1.54, 1.807) is 6.07 Å². The summed E-state index contributed by atoms with van der Waals surface area (Å²) in [5, 5.41) is 5.35. The predicted octanol–water partition coefficient (Wildman–Crippen LogP) is 3.20. The number of carbonyl (C=O) groups excluding carboxylic acids is 1. The van der Waals surface area contributed by atoms with Crippen molar-refractivity contribution in [2.75, 3.05) is 13.2 Å². The molecule has 0 aromatic heterocycles. The van der Waals surface area contributed by atoms with E-state index in [1.165, 1.54) is 5.39 Å². The van der Waals surface area contributed by atoms with Crippen molar-refractivity contribution in [3.05, 3.63) is 77.4 Å². The Morgan fingerprint density at radius 2 is 1.92 bits per heavy atom. The van der Waals surface area contributed by atoms with Crippen molar-refractivity contribution in [3.63, 3.8) is 0 Å². The molecule has 4 heteroatoms. The third-order valence-electron chi connectivity index (χ3n) is 4.68. The molecule has 1 aliphatic rings. The average molecular weight is 332 g/mol. The summed E-state index contributed by atoms with van der Waals surface area (Å²) >= 11 is 0. The van der Waals surface area contributed by atoms with E-state index in [1.807, 2.05) is 30.3 Å². The Morgan fingerprint density at radius 1 is 1.08 bits per heavy atom. The second-order valence-electron chi connectivity index (χ2n) is 6.26. The van der Waals surface area contributed by atoms with Crippen LogP contribution in [0, 0.1) is 0 Å². The van der Waals surface area contributed by atoms with Crippen molar-refractivity contribution in [2.45, 2.75) is 12.5 Å². The first kappa shape index (κ1) is 15.7. The molecule has 25 heavy (non-hydrogen) atoms. The number of rotatable bonds is 4. The Morgan fingerprint density at radius 3 is 2.76 bits per heavy atom. The second-order valence-corrected chi connectivity index (χ2v) is 6.26. The minimum absolute atomic E-state index is 0.151. The van der Waals surface area contributed by atoms with Crippen molar-refractivity contribution >= 4 is 16.7 Å². The van der Waals surface area contributed by atoms with E-state index in [0.717, 1.165) is 22.9 Å². The molecular weight excluding hydrogens is 312 g/mol. The van der Waals surface area contributed by atoms with Gasteiger partial charge in [-0.05, 0) is 34.0 Å². The third-order valence-corrected chi connectivity index (χ3v) is 4.68. The minimum atomic E-state index is -0.241. The SMILES string of the molecule is NCC(NC(=O)c1cccc2c1OCC2)c1ccc2ccccc2c1. The largest absolute Gasteiger partial charge is 0.492 e. The molecule has 0 spiro atoms. The van der Waals surface area contributed by atoms with Gasteiger partial charge in [-0.15, -0.1) is 0 Å². The number of hydrogen-bond donors (Lipinski definition) is 2. The summed E-state index contributed by atoms with van der Waals surface area (Å²) in [5.74, 6) is 0.552. The number of carbonyl (C=O) groups is 1. The highest BCUT2D eigenvalue weighted by atomic mass is 16.5. The van der Waals surface area contributed by atoms with Crippen LogP contribution in [0.3, 0.4) is 0 Å². The van der Waals surface area contributed by atoms with E-state index < -0.39 is 0 Å². The molecule has 1 atom stereocenters. The van der Waals surface area contributed by atoms with Gasteiger partial charge in [0.05, 0.1) is 18.2 Å². The van der Waals surface area contributed by atoms with E-state index >= 15 is 0 Å². The Labute approximate surface area is 146 Å². The lowest BCUT2D eigenvalue weighted by Gasteiger charge is -2.19. The summed E-state index contributed by atoms with van der Waals surface area (Å²) in [6.07, 6.45) is 0.849. The van der Waals surface area contributed by atoms with Crippen LogP contribution >= 0.6 is 0 Å². The van der Waals surface area contributed by atoms with Crippen LogP contribution < -0.4 is 15.8 Å². The zero-order valence-electron chi connectivity index (χ0n) is 13.9. The van der Waals surface area contributed by atoms with E-state index in [2.05, 4.69) is 29.6 Å². The van der Waals surface area contributed by atoms with Crippen molar-refractivity contribution in [2.24, 2.45) is 5.73 Å². The summed E-state index contributed by atoms with van der Waals surface area (Å²) in [6, 6.07) is 19.8. The molecule has 1 aliphatic heterocycles. The van der Waals surface area contributed by atoms with Gasteiger partial charge in [0.15, 0.2) is 0 Å². The Balaban J connectivity index is 1.61. The highest BCUT2D eigenvalue weighted by Gasteiger charge is 2.22. The molecule has 0 aliphatic carbocycles. The number of nitrogens with two attached hydrogens (primary N) is 1. The van der Waals surface area contributed by atoms with Crippen LogP contribution in [0.2, 0.25) is 0 Å². The molecule has 0 fully saturated rings. The Bertz CT molecular complexity index is 936. The van der Waals surface area contributed by atoms with Gasteiger partial charge in [0, 0.05) is 13.0 Å². The molecular formula is C21H20N2O2. The summed E-state index contributed by atoms with van der Waals surface area (Å²) in [4.78, 5) is 12.8. The summed E-state index contributed by atoms with van der Waals surface area (Å²) in [5.41, 5.74) is 8.61. The number of amides is 1. The highest BCUT2D eigenvalue weighted by molar-refractivity contribution is 5.98. The summed E-state index contributed by atoms with van der Waals surface area (Å²) in [7, 11) is 0. The van der Waals surface area contributed by atoms with Gasteiger partial charge in [-0.2, -0.15) is 0 Å². The van der Waals surface area contributed by atoms with E-state index in [9.17, 15) is 4.79 Å². The molecule has 0 saturated heterocycles. The lowest BCUT2D eigenvalue weighted by molar-refractivity contribution is 0.0934. The first-order chi connectivity index (χ1) is 12.3. The molecule has 1 amide bonds. The van der Waals surface area contributed by atoms with Crippen LogP contribution in [0.25, 0.3) is 10.8 Å². The maximum atomic E-state index is 12.8. The van der Waals surface area contributed by atoms with Crippen molar-refractivity contribution in [3.8, 4) is 5.75 Å². The van der Waals surface area contributed by atoms with Crippen LogP contribution in [-0.2, 0) is 6.42 Å². The van der Waals surface area contributed by atoms with Gasteiger partial charge in [0.1, 0.15) is 5.75 Å². The number of para-hydroxylation sites is 1. The second kappa shape index (κ2) is 6.57. The van der Waals surface area contributed by atoms with Crippen LogP contribution in [0.5, 0.6) is 5.75 Å². The molecule has 1 unspecified atom stereocenters. The lowest BCUT2D eigenvalue weighted by Crippen LogP contribution is -2.33. The van der Waals surface area contributed by atoms with Crippen molar-refractivity contribution in [1.29, 1.82) is 0 Å². The van der Waals surface area contributed by atoms with Gasteiger partial charge in [-0.3, -0.25) is 4.79 Å². The summed E-state index contributed by atoms with van der Waals surface area (Å²) in [6.45, 7) is 0.963. The van der Waals surface area contributed by atoms with E-state index in [4.69, 9.17) is 10.5 Å². The molecule has 4 rings (SSSR count). The Hall–Kier alpha value is -2.85. The fourth-order valence-corrected chi connectivity index (χ4v) is 3.33. The number of ether oxygens (including phenoxy) is 1. The Kier molecular flexibility index (Phi) is 4.12. The smallest absolute Gasteiger partial charge is 0.255 e. The quantitative estimate of drug-likeness (QED) is 0.771. The predicted molar refractivity (Wildman–Crippen MR) is 98.9 cm³/mol. The van der Waals surface area contributed by atoms with Crippen LogP contribution in [0.4, 0.5) is 0 Å². The van der Waals surface area contributed by atoms with Crippen LogP contribution in [-0.4, -0.2) is 19.1 Å². The van der Waals surface area contributed by atoms with E-state index in [0.29, 0.717) is 24.5 Å². The maximum Gasteiger partial charge on any atom is 0.255 e. The summed E-state index contributed by atoms with van der Waals surface area (Å²) < 4.78 is 5.64. The van der Waals surface area contributed by atoms with Gasteiger partial charge in [-0.1, -0.05) is 48.5 Å². The van der Waals surface area contributed by atoms with Crippen molar-refractivity contribution in [1.82, 2.24) is 5.32 Å². The fourth-order valence-electron chi connectivity index (χ4n) is 3.33. The van der Waals surface area contributed by atoms with E-state index in [-0.39, 0.29) is 11.9 Å². The molecule has 0 bridgehead atoms. The van der Waals surface area contributed by atoms with Crippen LogP contribution in [0.15, 0.2) is 60.7 Å². The van der Waals surface area contributed by atoms with Gasteiger partial charge in [0.2, 0.25) is 0 Å². The molecule has 126 valence electrons.